The Hall–Kier alpha value is -3.67. The minimum absolute atomic E-state index is 0.00235. The third-order valence-corrected chi connectivity index (χ3v) is 7.45. The van der Waals surface area contributed by atoms with Crippen LogP contribution in [0.1, 0.15) is 36.4 Å². The number of hydrogen-bond donors (Lipinski definition) is 1. The van der Waals surface area contributed by atoms with Gasteiger partial charge in [0.15, 0.2) is 0 Å². The zero-order valence-electron chi connectivity index (χ0n) is 19.9. The molecule has 1 saturated heterocycles. The van der Waals surface area contributed by atoms with Crippen LogP contribution in [0.25, 0.3) is 11.6 Å². The molecule has 11 nitrogen and oxygen atoms in total. The largest absolute Gasteiger partial charge is 0.378 e. The average Bonchev–Trinajstić information content (AvgIpc) is 3.46. The predicted octanol–water partition coefficient (Wildman–Crippen LogP) is 2.64. The number of fused-ring (bicyclic) bond motifs is 1. The van der Waals surface area contributed by atoms with E-state index in [4.69, 9.17) is 15.0 Å². The van der Waals surface area contributed by atoms with Crippen molar-refractivity contribution in [2.45, 2.75) is 37.5 Å². The molecule has 1 aromatic carbocycles. The number of piperidine rings is 1. The highest BCUT2D eigenvalue weighted by Gasteiger charge is 2.71. The number of aromatic nitrogens is 5. The molecule has 188 valence electrons. The Kier molecular flexibility index (Phi) is 5.55. The zero-order chi connectivity index (χ0) is 24.9. The monoisotopic (exact) mass is 494 g/mol. The number of likely N-dealkylation sites (tertiary alicyclic amines) is 1. The maximum Gasteiger partial charge on any atom is 0.316 e. The molecule has 12 heteroatoms. The van der Waals surface area contributed by atoms with Crippen molar-refractivity contribution in [1.29, 1.82) is 0 Å². The highest BCUT2D eigenvalue weighted by Crippen LogP contribution is 2.59. The fourth-order valence-electron chi connectivity index (χ4n) is 5.31. The molecule has 0 radical (unpaired) electrons. The summed E-state index contributed by atoms with van der Waals surface area (Å²) in [5.74, 6) is -0.816. The molecule has 0 bridgehead atoms. The minimum atomic E-state index is -1.41. The highest BCUT2D eigenvalue weighted by atomic mass is 19.1. The molecule has 3 fully saturated rings. The number of carbonyl (C=O) groups excluding carboxylic acids is 1. The predicted molar refractivity (Wildman–Crippen MR) is 127 cm³/mol. The van der Waals surface area contributed by atoms with Crippen LogP contribution in [0, 0.1) is 11.8 Å². The summed E-state index contributed by atoms with van der Waals surface area (Å²) in [4.78, 5) is 32.9. The number of halogens is 1. The van der Waals surface area contributed by atoms with Crippen molar-refractivity contribution >= 4 is 23.5 Å². The minimum Gasteiger partial charge on any atom is -0.378 e. The van der Waals surface area contributed by atoms with Gasteiger partial charge >= 0.3 is 11.8 Å². The number of nitrogen functional groups attached to an aromatic ring is 1. The van der Waals surface area contributed by atoms with Crippen molar-refractivity contribution in [3.63, 3.8) is 0 Å². The Morgan fingerprint density at radius 3 is 2.69 bits per heavy atom. The molecule has 2 aromatic heterocycles. The molecule has 3 heterocycles. The number of amides is 1. The van der Waals surface area contributed by atoms with E-state index in [0.717, 1.165) is 18.5 Å². The second-order valence-corrected chi connectivity index (χ2v) is 9.70. The molecule has 1 amide bonds. The molecule has 1 aliphatic heterocycles. The van der Waals surface area contributed by atoms with Gasteiger partial charge in [-0.05, 0) is 25.0 Å². The van der Waals surface area contributed by atoms with Gasteiger partial charge in [-0.15, -0.1) is 0 Å². The van der Waals surface area contributed by atoms with Crippen molar-refractivity contribution in [3.8, 4) is 11.6 Å². The third-order valence-electron chi connectivity index (χ3n) is 7.45. The summed E-state index contributed by atoms with van der Waals surface area (Å²) in [6.45, 7) is 0.716. The molecule has 3 aliphatic rings. The lowest BCUT2D eigenvalue weighted by atomic mass is 10.2. The van der Waals surface area contributed by atoms with E-state index in [1.165, 1.54) is 17.7 Å². The number of alkyl halides is 1. The Bertz CT molecular complexity index is 1270. The first kappa shape index (κ1) is 22.8. The van der Waals surface area contributed by atoms with Crippen molar-refractivity contribution in [2.75, 3.05) is 37.4 Å². The van der Waals surface area contributed by atoms with Crippen LogP contribution in [0.15, 0.2) is 34.9 Å². The van der Waals surface area contributed by atoms with Gasteiger partial charge in [-0.25, -0.2) is 4.39 Å². The number of nitrogens with two attached hydrogens (primary N) is 1. The average molecular weight is 495 g/mol. The molecule has 3 aromatic rings. The number of anilines is 3. The summed E-state index contributed by atoms with van der Waals surface area (Å²) < 4.78 is 26.4. The lowest BCUT2D eigenvalue weighted by Crippen LogP contribution is -2.35. The van der Waals surface area contributed by atoms with Gasteiger partial charge in [0, 0.05) is 31.1 Å². The fourth-order valence-corrected chi connectivity index (χ4v) is 5.31. The standard InChI is InChI=1S/C24H27FN8O3/c1-32(14-7-3-2-4-8-14)23-29-18(28-22(26)30-23)19-27-20(36-31-19)21(34)33-11-16-17(24(16,25)13-33)12-35-15-9-5-6-10-15/h2-4,7-8,15-17H,5-6,9-13H2,1H3,(H2,26,28,29,30)/t16-,17-,24+/m0/s1. The van der Waals surface area contributed by atoms with Gasteiger partial charge in [-0.3, -0.25) is 4.79 Å². The smallest absolute Gasteiger partial charge is 0.316 e. The molecule has 2 N–H and O–H groups in total. The Morgan fingerprint density at radius 2 is 1.97 bits per heavy atom. The summed E-state index contributed by atoms with van der Waals surface area (Å²) in [5, 5.41) is 3.86. The molecular weight excluding hydrogens is 467 g/mol. The van der Waals surface area contributed by atoms with E-state index in [9.17, 15) is 4.79 Å². The molecular formula is C24H27FN8O3. The van der Waals surface area contributed by atoms with Crippen LogP contribution >= 0.6 is 0 Å². The summed E-state index contributed by atoms with van der Waals surface area (Å²) >= 11 is 0. The number of rotatable bonds is 7. The van der Waals surface area contributed by atoms with Gasteiger partial charge in [0.2, 0.25) is 23.5 Å². The van der Waals surface area contributed by atoms with Crippen LogP contribution in [-0.4, -0.2) is 74.4 Å². The lowest BCUT2D eigenvalue weighted by Gasteiger charge is -2.19. The number of ether oxygens (including phenoxy) is 1. The molecule has 3 atom stereocenters. The number of para-hydroxylation sites is 1. The number of carbonyl (C=O) groups is 1. The second-order valence-electron chi connectivity index (χ2n) is 9.70. The van der Waals surface area contributed by atoms with Gasteiger partial charge in [-0.1, -0.05) is 36.2 Å². The van der Waals surface area contributed by atoms with Crippen molar-refractivity contribution in [1.82, 2.24) is 30.0 Å². The fraction of sp³-hybridized carbons (Fsp3) is 0.500. The first-order valence-corrected chi connectivity index (χ1v) is 12.2. The maximum atomic E-state index is 15.3. The summed E-state index contributed by atoms with van der Waals surface area (Å²) in [6.07, 6.45) is 4.71. The second kappa shape index (κ2) is 8.77. The highest BCUT2D eigenvalue weighted by molar-refractivity contribution is 5.90. The topological polar surface area (TPSA) is 136 Å². The molecule has 36 heavy (non-hydrogen) atoms. The first-order chi connectivity index (χ1) is 17.4. The summed E-state index contributed by atoms with van der Waals surface area (Å²) in [6, 6.07) is 9.48. The summed E-state index contributed by atoms with van der Waals surface area (Å²) in [5.41, 5.74) is 5.33. The van der Waals surface area contributed by atoms with Crippen LogP contribution < -0.4 is 10.6 Å². The van der Waals surface area contributed by atoms with Gasteiger partial charge in [-0.2, -0.15) is 19.9 Å². The van der Waals surface area contributed by atoms with E-state index in [1.807, 2.05) is 30.3 Å². The number of nitrogens with zero attached hydrogens (tertiary/aromatic N) is 7. The molecule has 6 rings (SSSR count). The van der Waals surface area contributed by atoms with Crippen LogP contribution in [0.3, 0.4) is 0 Å². The van der Waals surface area contributed by atoms with E-state index in [2.05, 4.69) is 25.1 Å². The Morgan fingerprint density at radius 1 is 1.19 bits per heavy atom. The molecule has 2 saturated carbocycles. The van der Waals surface area contributed by atoms with E-state index in [-0.39, 0.29) is 53.9 Å². The SMILES string of the molecule is CN(c1ccccc1)c1nc(N)nc(-c2noc(C(=O)N3C[C@H]4[C@H](COC5CCCC5)[C@@]4(F)C3)n2)n1. The molecule has 0 unspecified atom stereocenters. The number of hydrogen-bond acceptors (Lipinski definition) is 10. The number of benzene rings is 1. The lowest BCUT2D eigenvalue weighted by molar-refractivity contribution is 0.0322. The van der Waals surface area contributed by atoms with Crippen LogP contribution in [-0.2, 0) is 4.74 Å². The van der Waals surface area contributed by atoms with Crippen LogP contribution in [0.4, 0.5) is 22.0 Å². The van der Waals surface area contributed by atoms with Gasteiger partial charge in [0.25, 0.3) is 0 Å². The van der Waals surface area contributed by atoms with E-state index < -0.39 is 11.6 Å². The van der Waals surface area contributed by atoms with Crippen LogP contribution in [0.2, 0.25) is 0 Å². The van der Waals surface area contributed by atoms with E-state index in [0.29, 0.717) is 13.2 Å². The molecule has 2 aliphatic carbocycles. The Labute approximate surface area is 206 Å². The van der Waals surface area contributed by atoms with E-state index in [1.54, 1.807) is 11.9 Å². The normalized spacial score (nSPS) is 25.2. The van der Waals surface area contributed by atoms with Crippen LogP contribution in [0.5, 0.6) is 0 Å². The third kappa shape index (κ3) is 4.04. The van der Waals surface area contributed by atoms with Gasteiger partial charge in [0.05, 0.1) is 19.3 Å². The maximum absolute atomic E-state index is 15.3. The molecule has 0 spiro atoms. The van der Waals surface area contributed by atoms with Gasteiger partial charge in [0.1, 0.15) is 5.67 Å². The van der Waals surface area contributed by atoms with Crippen molar-refractivity contribution in [3.05, 3.63) is 36.2 Å². The first-order valence-electron chi connectivity index (χ1n) is 12.2. The van der Waals surface area contributed by atoms with Crippen molar-refractivity contribution in [2.24, 2.45) is 11.8 Å². The summed E-state index contributed by atoms with van der Waals surface area (Å²) in [7, 11) is 1.79. The Balaban J connectivity index is 1.12. The van der Waals surface area contributed by atoms with Gasteiger partial charge < -0.3 is 24.8 Å². The quantitative estimate of drug-likeness (QED) is 0.522. The van der Waals surface area contributed by atoms with Crippen molar-refractivity contribution < 1.29 is 18.4 Å². The van der Waals surface area contributed by atoms with E-state index >= 15 is 4.39 Å². The zero-order valence-corrected chi connectivity index (χ0v) is 19.9.